The van der Waals surface area contributed by atoms with E-state index in [4.69, 9.17) is 4.42 Å². The largest absolute Gasteiger partial charge is 0.450 e. The first-order valence-electron chi connectivity index (χ1n) is 8.61. The van der Waals surface area contributed by atoms with Crippen LogP contribution in [0.4, 0.5) is 5.13 Å². The molecule has 0 aliphatic heterocycles. The van der Waals surface area contributed by atoms with E-state index >= 15 is 0 Å². The Kier molecular flexibility index (Phi) is 5.42. The third kappa shape index (κ3) is 4.37. The molecule has 0 saturated heterocycles. The van der Waals surface area contributed by atoms with Crippen LogP contribution < -0.4 is 5.32 Å². The molecule has 0 aliphatic rings. The fourth-order valence-corrected chi connectivity index (χ4v) is 4.18. The van der Waals surface area contributed by atoms with Gasteiger partial charge in [0.1, 0.15) is 22.4 Å². The molecule has 4 aromatic rings. The van der Waals surface area contributed by atoms with E-state index in [1.54, 1.807) is 13.0 Å². The number of amides is 1. The molecule has 1 N–H and O–H groups in total. The Labute approximate surface area is 174 Å². The summed E-state index contributed by atoms with van der Waals surface area (Å²) >= 11 is 2.73. The Balaban J connectivity index is 1.53. The van der Waals surface area contributed by atoms with Crippen LogP contribution in [0.25, 0.3) is 16.8 Å². The number of hydrogen-bond donors (Lipinski definition) is 1. The Morgan fingerprint density at radius 2 is 2.00 bits per heavy atom. The number of nitrogens with one attached hydrogen (secondary N) is 1. The standard InChI is InChI=1S/C21H14N4O2S2/c1-13-24-25-21(28-13)23-20(26)15(12-22)11-16-9-10-19(27-16)29-18-8-4-6-14-5-2-3-7-17(14)18/h2-11H,1H3,(H,23,25,26)/b15-11-. The van der Waals surface area contributed by atoms with Gasteiger partial charge in [-0.15, -0.1) is 10.2 Å². The number of rotatable bonds is 5. The van der Waals surface area contributed by atoms with Crippen molar-refractivity contribution < 1.29 is 9.21 Å². The maximum absolute atomic E-state index is 12.3. The Morgan fingerprint density at radius 1 is 1.17 bits per heavy atom. The lowest BCUT2D eigenvalue weighted by Crippen LogP contribution is -2.13. The van der Waals surface area contributed by atoms with E-state index < -0.39 is 5.91 Å². The molecule has 6 nitrogen and oxygen atoms in total. The summed E-state index contributed by atoms with van der Waals surface area (Å²) in [6, 6.07) is 19.7. The highest BCUT2D eigenvalue weighted by Gasteiger charge is 2.13. The Hall–Kier alpha value is -3.41. The van der Waals surface area contributed by atoms with E-state index in [-0.39, 0.29) is 5.57 Å². The predicted octanol–water partition coefficient (Wildman–Crippen LogP) is 5.29. The number of furan rings is 1. The zero-order valence-corrected chi connectivity index (χ0v) is 16.9. The normalized spacial score (nSPS) is 11.4. The van der Waals surface area contributed by atoms with Gasteiger partial charge in [0.25, 0.3) is 5.91 Å². The number of nitrogens with zero attached hydrogens (tertiary/aromatic N) is 3. The zero-order valence-electron chi connectivity index (χ0n) is 15.2. The summed E-state index contributed by atoms with van der Waals surface area (Å²) < 4.78 is 5.80. The van der Waals surface area contributed by atoms with Crippen LogP contribution >= 0.6 is 23.1 Å². The van der Waals surface area contributed by atoms with Gasteiger partial charge in [-0.3, -0.25) is 10.1 Å². The van der Waals surface area contributed by atoms with E-state index in [9.17, 15) is 10.1 Å². The van der Waals surface area contributed by atoms with E-state index in [0.717, 1.165) is 20.7 Å². The molecule has 29 heavy (non-hydrogen) atoms. The topological polar surface area (TPSA) is 91.8 Å². The molecule has 0 bridgehead atoms. The molecule has 0 fully saturated rings. The van der Waals surface area contributed by atoms with Crippen LogP contribution in [0.3, 0.4) is 0 Å². The molecule has 0 radical (unpaired) electrons. The summed E-state index contributed by atoms with van der Waals surface area (Å²) in [4.78, 5) is 13.4. The zero-order chi connectivity index (χ0) is 20.2. The van der Waals surface area contributed by atoms with Crippen molar-refractivity contribution >= 4 is 51.0 Å². The molecule has 2 heterocycles. The maximum Gasteiger partial charge on any atom is 0.268 e. The van der Waals surface area contributed by atoms with E-state index in [2.05, 4.69) is 33.7 Å². The fraction of sp³-hybridized carbons (Fsp3) is 0.0476. The second-order valence-electron chi connectivity index (χ2n) is 5.99. The van der Waals surface area contributed by atoms with Crippen molar-refractivity contribution in [2.45, 2.75) is 16.9 Å². The lowest BCUT2D eigenvalue weighted by molar-refractivity contribution is -0.112. The van der Waals surface area contributed by atoms with Crippen LogP contribution in [-0.2, 0) is 4.79 Å². The van der Waals surface area contributed by atoms with Gasteiger partial charge >= 0.3 is 0 Å². The molecular formula is C21H14N4O2S2. The first kappa shape index (κ1) is 18.9. The summed E-state index contributed by atoms with van der Waals surface area (Å²) in [5.74, 6) is -0.129. The van der Waals surface area contributed by atoms with Gasteiger partial charge in [-0.05, 0) is 35.9 Å². The third-order valence-electron chi connectivity index (χ3n) is 3.96. The lowest BCUT2D eigenvalue weighted by atomic mass is 10.1. The number of aryl methyl sites for hydroxylation is 1. The number of anilines is 1. The van der Waals surface area contributed by atoms with Crippen LogP contribution in [0.2, 0.25) is 0 Å². The number of hydrogen-bond acceptors (Lipinski definition) is 7. The number of benzene rings is 2. The number of carbonyl (C=O) groups excluding carboxylic acids is 1. The molecule has 8 heteroatoms. The molecule has 1 amide bonds. The summed E-state index contributed by atoms with van der Waals surface area (Å²) in [5.41, 5.74) is -0.0751. The van der Waals surface area contributed by atoms with Crippen molar-refractivity contribution in [3.8, 4) is 6.07 Å². The van der Waals surface area contributed by atoms with Crippen molar-refractivity contribution in [3.05, 3.63) is 70.9 Å². The van der Waals surface area contributed by atoms with Crippen LogP contribution in [0.1, 0.15) is 10.8 Å². The molecule has 0 saturated carbocycles. The molecule has 0 aliphatic carbocycles. The lowest BCUT2D eigenvalue weighted by Gasteiger charge is -2.04. The van der Waals surface area contributed by atoms with Crippen molar-refractivity contribution in [3.63, 3.8) is 0 Å². The van der Waals surface area contributed by atoms with Crippen molar-refractivity contribution in [1.82, 2.24) is 10.2 Å². The molecule has 2 aromatic carbocycles. The molecular weight excluding hydrogens is 404 g/mol. The minimum absolute atomic E-state index is 0.0751. The summed E-state index contributed by atoms with van der Waals surface area (Å²) in [6.45, 7) is 1.78. The smallest absolute Gasteiger partial charge is 0.268 e. The van der Waals surface area contributed by atoms with Gasteiger partial charge in [0.15, 0.2) is 5.09 Å². The second kappa shape index (κ2) is 8.31. The van der Waals surface area contributed by atoms with Gasteiger partial charge < -0.3 is 4.42 Å². The van der Waals surface area contributed by atoms with Gasteiger partial charge in [-0.1, -0.05) is 59.5 Å². The maximum atomic E-state index is 12.3. The highest BCUT2D eigenvalue weighted by molar-refractivity contribution is 7.99. The third-order valence-corrected chi connectivity index (χ3v) is 5.71. The van der Waals surface area contributed by atoms with Gasteiger partial charge in [0.2, 0.25) is 5.13 Å². The van der Waals surface area contributed by atoms with Crippen LogP contribution in [-0.4, -0.2) is 16.1 Å². The van der Waals surface area contributed by atoms with Gasteiger partial charge in [0.05, 0.1) is 0 Å². The molecule has 0 unspecified atom stereocenters. The SMILES string of the molecule is Cc1nnc(NC(=O)/C(C#N)=C\c2ccc(Sc3cccc4ccccc34)o2)s1. The number of nitriles is 1. The minimum atomic E-state index is -0.552. The molecule has 0 spiro atoms. The quantitative estimate of drug-likeness (QED) is 0.350. The predicted molar refractivity (Wildman–Crippen MR) is 114 cm³/mol. The van der Waals surface area contributed by atoms with E-state index in [1.807, 2.05) is 36.4 Å². The van der Waals surface area contributed by atoms with Crippen molar-refractivity contribution in [2.24, 2.45) is 0 Å². The monoisotopic (exact) mass is 418 g/mol. The van der Waals surface area contributed by atoms with Gasteiger partial charge in [0, 0.05) is 11.0 Å². The highest BCUT2D eigenvalue weighted by Crippen LogP contribution is 2.34. The Morgan fingerprint density at radius 3 is 2.79 bits per heavy atom. The van der Waals surface area contributed by atoms with Crippen LogP contribution in [0.15, 0.2) is 74.6 Å². The second-order valence-corrected chi connectivity index (χ2v) is 8.21. The number of aromatic nitrogens is 2. The van der Waals surface area contributed by atoms with Crippen LogP contribution in [0, 0.1) is 18.3 Å². The molecule has 2 aromatic heterocycles. The first-order valence-corrected chi connectivity index (χ1v) is 10.2. The van der Waals surface area contributed by atoms with Gasteiger partial charge in [-0.25, -0.2) is 0 Å². The van der Waals surface area contributed by atoms with E-state index in [0.29, 0.717) is 16.0 Å². The first-order chi connectivity index (χ1) is 14.1. The molecule has 0 atom stereocenters. The van der Waals surface area contributed by atoms with E-state index in [1.165, 1.54) is 29.2 Å². The fourth-order valence-electron chi connectivity index (χ4n) is 2.66. The number of carbonyl (C=O) groups is 1. The molecule has 142 valence electrons. The summed E-state index contributed by atoms with van der Waals surface area (Å²) in [7, 11) is 0. The molecule has 4 rings (SSSR count). The summed E-state index contributed by atoms with van der Waals surface area (Å²) in [5, 5.41) is 23.6. The van der Waals surface area contributed by atoms with Crippen molar-refractivity contribution in [2.75, 3.05) is 5.32 Å². The average Bonchev–Trinajstić information content (AvgIpc) is 3.34. The van der Waals surface area contributed by atoms with Crippen LogP contribution in [0.5, 0.6) is 0 Å². The minimum Gasteiger partial charge on any atom is -0.450 e. The average molecular weight is 419 g/mol. The van der Waals surface area contributed by atoms with Crippen molar-refractivity contribution in [1.29, 1.82) is 5.26 Å². The highest BCUT2D eigenvalue weighted by atomic mass is 32.2. The van der Waals surface area contributed by atoms with Gasteiger partial charge in [-0.2, -0.15) is 5.26 Å². The number of fused-ring (bicyclic) bond motifs is 1. The Bertz CT molecular complexity index is 1260. The summed E-state index contributed by atoms with van der Waals surface area (Å²) in [6.07, 6.45) is 1.41.